The predicted octanol–water partition coefficient (Wildman–Crippen LogP) is 3.35. The molecule has 1 amide bonds. The average Bonchev–Trinajstić information content (AvgIpc) is 2.93. The number of nitrogens with one attached hydrogen (secondary N) is 1. The first-order valence-electron chi connectivity index (χ1n) is 12.5. The maximum absolute atomic E-state index is 12.9. The highest BCUT2D eigenvalue weighted by Crippen LogP contribution is 2.22. The number of nitrogens with zero attached hydrogens (tertiary/aromatic N) is 3. The molecule has 0 aliphatic heterocycles. The Morgan fingerprint density at radius 2 is 1.75 bits per heavy atom. The second-order valence-electron chi connectivity index (χ2n) is 9.53. The Hall–Kier alpha value is -4.83. The third kappa shape index (κ3) is 6.08. The number of sulfone groups is 1. The fourth-order valence-corrected chi connectivity index (χ4v) is 5.50. The van der Waals surface area contributed by atoms with E-state index >= 15 is 0 Å². The van der Waals surface area contributed by atoms with Gasteiger partial charge in [-0.25, -0.2) is 13.4 Å². The first-order valence-corrected chi connectivity index (χ1v) is 14.4. The van der Waals surface area contributed by atoms with Crippen molar-refractivity contribution in [1.29, 1.82) is 0 Å². The molecule has 0 spiro atoms. The molecule has 0 aliphatic carbocycles. The van der Waals surface area contributed by atoms with E-state index in [0.717, 1.165) is 28.2 Å². The predicted molar refractivity (Wildman–Crippen MR) is 154 cm³/mol. The number of rotatable bonds is 8. The topological polar surface area (TPSA) is 137 Å². The van der Waals surface area contributed by atoms with E-state index in [1.54, 1.807) is 55.0 Å². The van der Waals surface area contributed by atoms with Crippen LogP contribution < -0.4 is 16.6 Å². The number of amides is 1. The normalized spacial score (nSPS) is 11.4. The van der Waals surface area contributed by atoms with Crippen LogP contribution in [0.15, 0.2) is 101 Å². The number of fused-ring (bicyclic) bond motifs is 1. The molecule has 2 aromatic carbocycles. The van der Waals surface area contributed by atoms with Gasteiger partial charge < -0.3 is 15.6 Å². The van der Waals surface area contributed by atoms with E-state index in [9.17, 15) is 18.0 Å². The van der Waals surface area contributed by atoms with Crippen LogP contribution >= 0.6 is 0 Å². The SMILES string of the molecule is CS(=O)(=O)c1cc(Cc2cc(C(=O)NCc3ccc4c(N)nccc4c3)ccn2)ccc1Cn1ccccc1=O. The van der Waals surface area contributed by atoms with Gasteiger partial charge in [-0.3, -0.25) is 14.6 Å². The van der Waals surface area contributed by atoms with Crippen LogP contribution in [-0.2, 0) is 29.3 Å². The number of hydrogen-bond acceptors (Lipinski definition) is 7. The number of anilines is 1. The van der Waals surface area contributed by atoms with Crippen molar-refractivity contribution in [3.63, 3.8) is 0 Å². The fourth-order valence-electron chi connectivity index (χ4n) is 4.53. The summed E-state index contributed by atoms with van der Waals surface area (Å²) in [5.74, 6) is 0.209. The van der Waals surface area contributed by atoms with Gasteiger partial charge in [0, 0.05) is 60.5 Å². The number of aromatic nitrogens is 3. The highest BCUT2D eigenvalue weighted by Gasteiger charge is 2.16. The van der Waals surface area contributed by atoms with Crippen LogP contribution in [0.5, 0.6) is 0 Å². The van der Waals surface area contributed by atoms with Gasteiger partial charge in [0.2, 0.25) is 0 Å². The van der Waals surface area contributed by atoms with Crippen LogP contribution in [0.4, 0.5) is 5.82 Å². The van der Waals surface area contributed by atoms with E-state index < -0.39 is 9.84 Å². The van der Waals surface area contributed by atoms with E-state index in [-0.39, 0.29) is 22.9 Å². The lowest BCUT2D eigenvalue weighted by Gasteiger charge is -2.12. The number of pyridine rings is 3. The Kier molecular flexibility index (Phi) is 7.43. The number of nitrogen functional groups attached to an aromatic ring is 1. The van der Waals surface area contributed by atoms with Crippen molar-refractivity contribution < 1.29 is 13.2 Å². The second kappa shape index (κ2) is 11.1. The van der Waals surface area contributed by atoms with E-state index in [1.807, 2.05) is 30.3 Å². The minimum absolute atomic E-state index is 0.137. The van der Waals surface area contributed by atoms with Crippen LogP contribution in [0.2, 0.25) is 0 Å². The zero-order valence-electron chi connectivity index (χ0n) is 21.7. The zero-order chi connectivity index (χ0) is 28.3. The Morgan fingerprint density at radius 3 is 2.55 bits per heavy atom. The van der Waals surface area contributed by atoms with Gasteiger partial charge in [0.1, 0.15) is 5.82 Å². The highest BCUT2D eigenvalue weighted by atomic mass is 32.2. The zero-order valence-corrected chi connectivity index (χ0v) is 22.6. The summed E-state index contributed by atoms with van der Waals surface area (Å²) in [5, 5.41) is 4.73. The summed E-state index contributed by atoms with van der Waals surface area (Å²) in [7, 11) is -3.56. The van der Waals surface area contributed by atoms with Gasteiger partial charge in [-0.15, -0.1) is 0 Å². The molecule has 3 heterocycles. The molecule has 5 aromatic rings. The van der Waals surface area contributed by atoms with E-state index in [1.165, 1.54) is 10.6 Å². The number of benzene rings is 2. The van der Waals surface area contributed by atoms with Gasteiger partial charge in [-0.2, -0.15) is 0 Å². The Labute approximate surface area is 231 Å². The molecular weight excluding hydrogens is 526 g/mol. The van der Waals surface area contributed by atoms with Crippen LogP contribution in [0.1, 0.15) is 32.7 Å². The lowest BCUT2D eigenvalue weighted by molar-refractivity contribution is 0.0950. The maximum atomic E-state index is 12.9. The molecule has 202 valence electrons. The lowest BCUT2D eigenvalue weighted by atomic mass is 10.0. The van der Waals surface area contributed by atoms with Gasteiger partial charge >= 0.3 is 0 Å². The fraction of sp³-hybridized carbons (Fsp3) is 0.133. The molecule has 5 rings (SSSR count). The third-order valence-electron chi connectivity index (χ3n) is 6.55. The van der Waals surface area contributed by atoms with Gasteiger partial charge in [-0.05, 0) is 58.5 Å². The molecule has 3 N–H and O–H groups in total. The smallest absolute Gasteiger partial charge is 0.251 e. The monoisotopic (exact) mass is 553 g/mol. The van der Waals surface area contributed by atoms with Crippen LogP contribution in [-0.4, -0.2) is 35.1 Å². The van der Waals surface area contributed by atoms with Crippen LogP contribution in [0.3, 0.4) is 0 Å². The van der Waals surface area contributed by atoms with Crippen LogP contribution in [0, 0.1) is 0 Å². The van der Waals surface area contributed by atoms with Crippen molar-refractivity contribution in [3.8, 4) is 0 Å². The Morgan fingerprint density at radius 1 is 0.950 bits per heavy atom. The summed E-state index contributed by atoms with van der Waals surface area (Å²) < 4.78 is 26.6. The quantitative estimate of drug-likeness (QED) is 0.301. The molecule has 10 heteroatoms. The van der Waals surface area contributed by atoms with Gasteiger partial charge in [0.15, 0.2) is 9.84 Å². The number of carbonyl (C=O) groups excluding carboxylic acids is 1. The average molecular weight is 554 g/mol. The number of nitrogens with two attached hydrogens (primary N) is 1. The molecule has 0 aliphatic rings. The summed E-state index contributed by atoms with van der Waals surface area (Å²) in [5.41, 5.74) is 8.94. The lowest BCUT2D eigenvalue weighted by Crippen LogP contribution is -2.23. The first kappa shape index (κ1) is 26.8. The first-order chi connectivity index (χ1) is 19.2. The Bertz CT molecular complexity index is 1900. The molecule has 0 atom stereocenters. The van der Waals surface area contributed by atoms with Gasteiger partial charge in [-0.1, -0.05) is 30.3 Å². The molecule has 0 bridgehead atoms. The van der Waals surface area contributed by atoms with Crippen molar-refractivity contribution >= 4 is 32.3 Å². The largest absolute Gasteiger partial charge is 0.383 e. The second-order valence-corrected chi connectivity index (χ2v) is 11.5. The maximum Gasteiger partial charge on any atom is 0.251 e. The minimum Gasteiger partial charge on any atom is -0.383 e. The summed E-state index contributed by atoms with van der Waals surface area (Å²) in [6, 6.07) is 20.9. The molecule has 0 saturated carbocycles. The van der Waals surface area contributed by atoms with E-state index in [0.29, 0.717) is 35.6 Å². The minimum atomic E-state index is -3.56. The summed E-state index contributed by atoms with van der Waals surface area (Å²) in [4.78, 5) is 33.7. The van der Waals surface area contributed by atoms with E-state index in [4.69, 9.17) is 5.73 Å². The van der Waals surface area contributed by atoms with Gasteiger partial charge in [0.05, 0.1) is 11.4 Å². The molecule has 0 radical (unpaired) electrons. The van der Waals surface area contributed by atoms with Crippen molar-refractivity contribution in [2.24, 2.45) is 0 Å². The summed E-state index contributed by atoms with van der Waals surface area (Å²) in [6.07, 6.45) is 6.30. The Balaban J connectivity index is 1.31. The molecule has 40 heavy (non-hydrogen) atoms. The van der Waals surface area contributed by atoms with Crippen molar-refractivity contribution in [3.05, 3.63) is 130 Å². The summed E-state index contributed by atoms with van der Waals surface area (Å²) >= 11 is 0. The van der Waals surface area contributed by atoms with Crippen molar-refractivity contribution in [1.82, 2.24) is 19.9 Å². The third-order valence-corrected chi connectivity index (χ3v) is 7.73. The molecule has 0 unspecified atom stereocenters. The standard InChI is InChI=1S/C30H27N5O4S/c1-40(38,39)27-16-20(5-7-24(27)19-35-13-3-2-4-28(35)36)15-25-17-23(10-11-32-25)30(37)34-18-21-6-8-26-22(14-21)9-12-33-29(26)31/h2-14,16-17H,15,18-19H2,1H3,(H2,31,33)(H,34,37). The molecule has 9 nitrogen and oxygen atoms in total. The van der Waals surface area contributed by atoms with Gasteiger partial charge in [0.25, 0.3) is 11.5 Å². The van der Waals surface area contributed by atoms with Crippen LogP contribution in [0.25, 0.3) is 10.8 Å². The summed E-state index contributed by atoms with van der Waals surface area (Å²) in [6.45, 7) is 0.468. The van der Waals surface area contributed by atoms with Crippen molar-refractivity contribution in [2.45, 2.75) is 24.4 Å². The molecule has 0 fully saturated rings. The molecule has 3 aromatic heterocycles. The molecule has 0 saturated heterocycles. The van der Waals surface area contributed by atoms with E-state index in [2.05, 4.69) is 15.3 Å². The number of carbonyl (C=O) groups is 1. The number of hydrogen-bond donors (Lipinski definition) is 2. The highest BCUT2D eigenvalue weighted by molar-refractivity contribution is 7.90. The van der Waals surface area contributed by atoms with Crippen molar-refractivity contribution in [2.75, 3.05) is 12.0 Å². The molecular formula is C30H27N5O4S.